The molecule has 5 heteroatoms. The second-order valence-electron chi connectivity index (χ2n) is 5.41. The van der Waals surface area contributed by atoms with Gasteiger partial charge in [-0.05, 0) is 25.8 Å². The van der Waals surface area contributed by atoms with Gasteiger partial charge in [-0.1, -0.05) is 32.6 Å². The Balaban J connectivity index is 2.70. The van der Waals surface area contributed by atoms with Gasteiger partial charge in [0.05, 0.1) is 11.0 Å². The number of hydrogen-bond acceptors (Lipinski definition) is 4. The summed E-state index contributed by atoms with van der Waals surface area (Å²) >= 11 is 0. The minimum absolute atomic E-state index is 0.137. The molecule has 0 amide bonds. The quantitative estimate of drug-likeness (QED) is 0.730. The van der Waals surface area contributed by atoms with Gasteiger partial charge in [-0.3, -0.25) is 0 Å². The third-order valence-electron chi connectivity index (χ3n) is 3.91. The summed E-state index contributed by atoms with van der Waals surface area (Å²) < 4.78 is 30.0. The Morgan fingerprint density at radius 2 is 1.84 bits per heavy atom. The molecule has 4 nitrogen and oxygen atoms in total. The summed E-state index contributed by atoms with van der Waals surface area (Å²) in [5.74, 6) is 0.257. The van der Waals surface area contributed by atoms with E-state index in [-0.39, 0.29) is 17.0 Å². The number of methoxy groups -OCH3 is 1. The topological polar surface area (TPSA) is 55.4 Å². The number of ether oxygens (including phenoxy) is 1. The Kier molecular flexibility index (Phi) is 7.95. The average Bonchev–Trinajstić information content (AvgIpc) is 2.32. The molecule has 0 bridgehead atoms. The van der Waals surface area contributed by atoms with E-state index in [1.54, 1.807) is 7.11 Å². The predicted molar refractivity (Wildman–Crippen MR) is 79.2 cm³/mol. The molecular weight excluding hydrogens is 262 g/mol. The molecule has 1 rings (SSSR count). The third kappa shape index (κ3) is 5.79. The van der Waals surface area contributed by atoms with Gasteiger partial charge in [0.15, 0.2) is 9.84 Å². The molecule has 2 atom stereocenters. The Morgan fingerprint density at radius 1 is 1.16 bits per heavy atom. The zero-order chi connectivity index (χ0) is 14.1. The smallest absolute Gasteiger partial charge is 0.154 e. The minimum Gasteiger partial charge on any atom is -0.385 e. The lowest BCUT2D eigenvalue weighted by Crippen LogP contribution is -2.45. The van der Waals surface area contributed by atoms with Crippen LogP contribution in [-0.4, -0.2) is 45.7 Å². The number of sulfone groups is 1. The fourth-order valence-electron chi connectivity index (χ4n) is 2.93. The van der Waals surface area contributed by atoms with Crippen LogP contribution in [0.5, 0.6) is 0 Å². The van der Waals surface area contributed by atoms with E-state index in [9.17, 15) is 8.42 Å². The van der Waals surface area contributed by atoms with Gasteiger partial charge in [0.25, 0.3) is 0 Å². The fraction of sp³-hybridized carbons (Fsp3) is 1.00. The van der Waals surface area contributed by atoms with E-state index in [1.807, 2.05) is 6.92 Å². The van der Waals surface area contributed by atoms with Crippen molar-refractivity contribution in [2.75, 3.05) is 26.0 Å². The molecule has 1 fully saturated rings. The van der Waals surface area contributed by atoms with E-state index in [0.717, 1.165) is 32.2 Å². The Bertz CT molecular complexity index is 330. The Morgan fingerprint density at radius 3 is 2.47 bits per heavy atom. The number of rotatable bonds is 7. The molecule has 0 aromatic rings. The molecule has 114 valence electrons. The van der Waals surface area contributed by atoms with Crippen LogP contribution in [0.15, 0.2) is 0 Å². The summed E-state index contributed by atoms with van der Waals surface area (Å²) in [7, 11) is -1.39. The summed E-state index contributed by atoms with van der Waals surface area (Å²) in [4.78, 5) is 0. The number of nitrogens with one attached hydrogen (secondary N) is 1. The van der Waals surface area contributed by atoms with Crippen LogP contribution in [0.4, 0.5) is 0 Å². The van der Waals surface area contributed by atoms with Crippen molar-refractivity contribution in [2.45, 2.75) is 63.2 Å². The summed E-state index contributed by atoms with van der Waals surface area (Å²) in [5.41, 5.74) is 0. The minimum atomic E-state index is -3.01. The second-order valence-corrected chi connectivity index (χ2v) is 7.75. The van der Waals surface area contributed by atoms with Crippen LogP contribution in [0.25, 0.3) is 0 Å². The Labute approximate surface area is 118 Å². The summed E-state index contributed by atoms with van der Waals surface area (Å²) in [5, 5.41) is 3.18. The van der Waals surface area contributed by atoms with E-state index in [1.165, 1.54) is 12.8 Å². The SMILES string of the molecule is CCNC1CCCCCCC1S(=O)(=O)CCCOC. The maximum Gasteiger partial charge on any atom is 0.154 e. The van der Waals surface area contributed by atoms with Crippen molar-refractivity contribution >= 4 is 9.84 Å². The molecule has 0 heterocycles. The van der Waals surface area contributed by atoms with Crippen molar-refractivity contribution in [2.24, 2.45) is 0 Å². The van der Waals surface area contributed by atoms with Gasteiger partial charge < -0.3 is 10.1 Å². The van der Waals surface area contributed by atoms with Crippen molar-refractivity contribution in [1.82, 2.24) is 5.32 Å². The highest BCUT2D eigenvalue weighted by molar-refractivity contribution is 7.92. The van der Waals surface area contributed by atoms with E-state index < -0.39 is 9.84 Å². The van der Waals surface area contributed by atoms with E-state index in [2.05, 4.69) is 5.32 Å². The van der Waals surface area contributed by atoms with Crippen molar-refractivity contribution in [3.8, 4) is 0 Å². The van der Waals surface area contributed by atoms with Crippen molar-refractivity contribution in [3.63, 3.8) is 0 Å². The first kappa shape index (κ1) is 16.9. The van der Waals surface area contributed by atoms with Crippen LogP contribution in [0.2, 0.25) is 0 Å². The zero-order valence-electron chi connectivity index (χ0n) is 12.4. The Hall–Kier alpha value is -0.130. The maximum absolute atomic E-state index is 12.5. The summed E-state index contributed by atoms with van der Waals surface area (Å²) in [6, 6.07) is 0.137. The van der Waals surface area contributed by atoms with Gasteiger partial charge in [-0.25, -0.2) is 8.42 Å². The molecule has 1 N–H and O–H groups in total. The molecule has 0 aliphatic heterocycles. The van der Waals surface area contributed by atoms with Gasteiger partial charge in [-0.2, -0.15) is 0 Å². The van der Waals surface area contributed by atoms with E-state index >= 15 is 0 Å². The zero-order valence-corrected chi connectivity index (χ0v) is 13.2. The van der Waals surface area contributed by atoms with Gasteiger partial charge in [0.1, 0.15) is 0 Å². The van der Waals surface area contributed by atoms with E-state index in [0.29, 0.717) is 13.0 Å². The first-order valence-corrected chi connectivity index (χ1v) is 9.27. The first-order valence-electron chi connectivity index (χ1n) is 7.55. The fourth-order valence-corrected chi connectivity index (χ4v) is 5.01. The number of hydrogen-bond donors (Lipinski definition) is 1. The molecule has 1 aliphatic rings. The van der Waals surface area contributed by atoms with Crippen LogP contribution in [0.1, 0.15) is 51.9 Å². The second kappa shape index (κ2) is 8.93. The molecule has 2 unspecified atom stereocenters. The standard InChI is InChI=1S/C14H29NO3S/c1-3-15-13-9-6-4-5-7-10-14(13)19(16,17)12-8-11-18-2/h13-15H,3-12H2,1-2H3. The normalized spacial score (nSPS) is 25.8. The van der Waals surface area contributed by atoms with Gasteiger partial charge >= 0.3 is 0 Å². The molecule has 19 heavy (non-hydrogen) atoms. The maximum atomic E-state index is 12.5. The van der Waals surface area contributed by atoms with Crippen molar-refractivity contribution in [1.29, 1.82) is 0 Å². The molecule has 0 spiro atoms. The van der Waals surface area contributed by atoms with E-state index in [4.69, 9.17) is 4.74 Å². The highest BCUT2D eigenvalue weighted by Crippen LogP contribution is 2.24. The monoisotopic (exact) mass is 291 g/mol. The van der Waals surface area contributed by atoms with Gasteiger partial charge in [0.2, 0.25) is 0 Å². The molecule has 0 aromatic carbocycles. The third-order valence-corrected chi connectivity index (χ3v) is 6.25. The molecule has 0 radical (unpaired) electrons. The molecule has 0 saturated heterocycles. The highest BCUT2D eigenvalue weighted by atomic mass is 32.2. The van der Waals surface area contributed by atoms with Crippen LogP contribution in [-0.2, 0) is 14.6 Å². The lowest BCUT2D eigenvalue weighted by molar-refractivity contribution is 0.199. The molecular formula is C14H29NO3S. The highest BCUT2D eigenvalue weighted by Gasteiger charge is 2.32. The summed E-state index contributed by atoms with van der Waals surface area (Å²) in [6.07, 6.45) is 6.99. The molecule has 0 aromatic heterocycles. The first-order chi connectivity index (χ1) is 9.11. The van der Waals surface area contributed by atoms with Crippen LogP contribution >= 0.6 is 0 Å². The van der Waals surface area contributed by atoms with Crippen molar-refractivity contribution < 1.29 is 13.2 Å². The molecule has 1 saturated carbocycles. The van der Waals surface area contributed by atoms with Gasteiger partial charge in [0, 0.05) is 19.8 Å². The predicted octanol–water partition coefficient (Wildman–Crippen LogP) is 2.14. The van der Waals surface area contributed by atoms with Gasteiger partial charge in [-0.15, -0.1) is 0 Å². The van der Waals surface area contributed by atoms with Crippen LogP contribution < -0.4 is 5.32 Å². The lowest BCUT2D eigenvalue weighted by Gasteiger charge is -2.29. The summed E-state index contributed by atoms with van der Waals surface area (Å²) in [6.45, 7) is 3.42. The van der Waals surface area contributed by atoms with Crippen molar-refractivity contribution in [3.05, 3.63) is 0 Å². The van der Waals surface area contributed by atoms with Crippen LogP contribution in [0.3, 0.4) is 0 Å². The largest absolute Gasteiger partial charge is 0.385 e. The lowest BCUT2D eigenvalue weighted by atomic mass is 9.96. The molecule has 1 aliphatic carbocycles. The van der Waals surface area contributed by atoms with Crippen LogP contribution in [0, 0.1) is 0 Å². The average molecular weight is 291 g/mol.